The summed E-state index contributed by atoms with van der Waals surface area (Å²) in [5.74, 6) is 0.132. The standard InChI is InChI=1S/C13H10N2O4/c16-13(17)9-3-1-4-10(7-9)15-8-12(19-14-15)11-5-2-6-18-11/h1-8,14H,(H,16,17). The molecule has 0 saturated carbocycles. The lowest BCUT2D eigenvalue weighted by Gasteiger charge is -2.13. The van der Waals surface area contributed by atoms with Crippen LogP contribution in [-0.4, -0.2) is 11.1 Å². The zero-order valence-corrected chi connectivity index (χ0v) is 9.74. The van der Waals surface area contributed by atoms with E-state index in [0.717, 1.165) is 0 Å². The quantitative estimate of drug-likeness (QED) is 0.879. The molecular formula is C13H10N2O4. The number of anilines is 1. The van der Waals surface area contributed by atoms with Crippen molar-refractivity contribution in [2.45, 2.75) is 0 Å². The molecule has 2 N–H and O–H groups in total. The molecule has 1 aliphatic heterocycles. The molecule has 0 amide bonds. The molecule has 19 heavy (non-hydrogen) atoms. The van der Waals surface area contributed by atoms with Crippen LogP contribution in [0.15, 0.2) is 53.3 Å². The van der Waals surface area contributed by atoms with E-state index in [2.05, 4.69) is 5.59 Å². The minimum absolute atomic E-state index is 0.208. The highest BCUT2D eigenvalue weighted by molar-refractivity contribution is 5.89. The smallest absolute Gasteiger partial charge is 0.335 e. The van der Waals surface area contributed by atoms with Gasteiger partial charge in [-0.25, -0.2) is 9.80 Å². The first-order chi connectivity index (χ1) is 9.24. The average Bonchev–Trinajstić information content (AvgIpc) is 3.09. The summed E-state index contributed by atoms with van der Waals surface area (Å²) < 4.78 is 5.21. The number of nitrogens with zero attached hydrogens (tertiary/aromatic N) is 1. The van der Waals surface area contributed by atoms with E-state index >= 15 is 0 Å². The maximum atomic E-state index is 10.9. The lowest BCUT2D eigenvalue weighted by atomic mass is 10.2. The number of furan rings is 1. The van der Waals surface area contributed by atoms with E-state index < -0.39 is 5.97 Å². The lowest BCUT2D eigenvalue weighted by Crippen LogP contribution is -2.27. The Morgan fingerprint density at radius 2 is 2.16 bits per heavy atom. The number of nitrogens with one attached hydrogen (secondary N) is 1. The summed E-state index contributed by atoms with van der Waals surface area (Å²) in [4.78, 5) is 16.2. The predicted octanol–water partition coefficient (Wildman–Crippen LogP) is 2.23. The number of rotatable bonds is 3. The van der Waals surface area contributed by atoms with Gasteiger partial charge >= 0.3 is 5.97 Å². The van der Waals surface area contributed by atoms with Gasteiger partial charge in [-0.3, -0.25) is 0 Å². The summed E-state index contributed by atoms with van der Waals surface area (Å²) in [6, 6.07) is 10.0. The zero-order valence-electron chi connectivity index (χ0n) is 9.74. The van der Waals surface area contributed by atoms with Gasteiger partial charge in [0, 0.05) is 0 Å². The summed E-state index contributed by atoms with van der Waals surface area (Å²) in [6.07, 6.45) is 3.23. The van der Waals surface area contributed by atoms with Crippen molar-refractivity contribution in [1.29, 1.82) is 0 Å². The predicted molar refractivity (Wildman–Crippen MR) is 66.8 cm³/mol. The van der Waals surface area contributed by atoms with Crippen LogP contribution in [-0.2, 0) is 4.84 Å². The van der Waals surface area contributed by atoms with Crippen LogP contribution >= 0.6 is 0 Å². The minimum Gasteiger partial charge on any atom is -0.478 e. The maximum absolute atomic E-state index is 10.9. The third-order valence-corrected chi connectivity index (χ3v) is 2.64. The molecule has 2 aromatic rings. The Morgan fingerprint density at radius 3 is 2.89 bits per heavy atom. The number of carboxylic acids is 1. The first-order valence-electron chi connectivity index (χ1n) is 5.55. The molecule has 0 saturated heterocycles. The highest BCUT2D eigenvalue weighted by Gasteiger charge is 2.19. The highest BCUT2D eigenvalue weighted by Crippen LogP contribution is 2.24. The van der Waals surface area contributed by atoms with E-state index in [4.69, 9.17) is 14.4 Å². The Labute approximate surface area is 108 Å². The Hall–Kier alpha value is -2.73. The van der Waals surface area contributed by atoms with Gasteiger partial charge in [-0.1, -0.05) is 11.7 Å². The summed E-state index contributed by atoms with van der Waals surface area (Å²) in [6.45, 7) is 0. The van der Waals surface area contributed by atoms with Crippen molar-refractivity contribution in [2.24, 2.45) is 0 Å². The second-order valence-electron chi connectivity index (χ2n) is 3.89. The number of hydrazine groups is 1. The van der Waals surface area contributed by atoms with Crippen molar-refractivity contribution < 1.29 is 19.2 Å². The summed E-state index contributed by atoms with van der Waals surface area (Å²) >= 11 is 0. The van der Waals surface area contributed by atoms with Crippen molar-refractivity contribution in [3.8, 4) is 0 Å². The van der Waals surface area contributed by atoms with Gasteiger partial charge < -0.3 is 14.4 Å². The largest absolute Gasteiger partial charge is 0.478 e. The molecule has 0 radical (unpaired) electrons. The number of carbonyl (C=O) groups is 1. The van der Waals surface area contributed by atoms with Gasteiger partial charge in [0.05, 0.1) is 23.7 Å². The molecular weight excluding hydrogens is 248 g/mol. The number of benzene rings is 1. The molecule has 0 bridgehead atoms. The molecule has 0 unspecified atom stereocenters. The summed E-state index contributed by atoms with van der Waals surface area (Å²) in [7, 11) is 0. The van der Waals surface area contributed by atoms with Crippen LogP contribution in [0.4, 0.5) is 5.69 Å². The van der Waals surface area contributed by atoms with Crippen LogP contribution in [0.2, 0.25) is 0 Å². The topological polar surface area (TPSA) is 74.9 Å². The second-order valence-corrected chi connectivity index (χ2v) is 3.89. The van der Waals surface area contributed by atoms with Gasteiger partial charge in [-0.15, -0.1) is 0 Å². The molecule has 0 fully saturated rings. The maximum Gasteiger partial charge on any atom is 0.335 e. The third kappa shape index (κ3) is 2.16. The molecule has 0 atom stereocenters. The molecule has 3 rings (SSSR count). The van der Waals surface area contributed by atoms with Crippen molar-refractivity contribution in [2.75, 3.05) is 5.01 Å². The van der Waals surface area contributed by atoms with Gasteiger partial charge in [-0.05, 0) is 30.3 Å². The Bertz CT molecular complexity index is 634. The van der Waals surface area contributed by atoms with E-state index in [-0.39, 0.29) is 5.56 Å². The molecule has 0 spiro atoms. The third-order valence-electron chi connectivity index (χ3n) is 2.64. The zero-order chi connectivity index (χ0) is 13.2. The van der Waals surface area contributed by atoms with Crippen LogP contribution < -0.4 is 10.6 Å². The van der Waals surface area contributed by atoms with Crippen LogP contribution in [0.1, 0.15) is 16.1 Å². The van der Waals surface area contributed by atoms with E-state index in [1.807, 2.05) is 0 Å². The van der Waals surface area contributed by atoms with Crippen LogP contribution in [0.25, 0.3) is 5.76 Å². The molecule has 1 aromatic heterocycles. The van der Waals surface area contributed by atoms with Crippen molar-refractivity contribution >= 4 is 17.4 Å². The van der Waals surface area contributed by atoms with Crippen LogP contribution in [0.5, 0.6) is 0 Å². The Morgan fingerprint density at radius 1 is 1.26 bits per heavy atom. The van der Waals surface area contributed by atoms with Crippen LogP contribution in [0, 0.1) is 0 Å². The van der Waals surface area contributed by atoms with E-state index in [1.54, 1.807) is 47.8 Å². The van der Waals surface area contributed by atoms with Gasteiger partial charge in [0.25, 0.3) is 0 Å². The highest BCUT2D eigenvalue weighted by atomic mass is 16.7. The second kappa shape index (κ2) is 4.51. The average molecular weight is 258 g/mol. The Balaban J connectivity index is 1.88. The fourth-order valence-electron chi connectivity index (χ4n) is 1.72. The molecule has 6 heteroatoms. The van der Waals surface area contributed by atoms with Crippen molar-refractivity contribution in [1.82, 2.24) is 5.59 Å². The first kappa shape index (κ1) is 11.4. The van der Waals surface area contributed by atoms with E-state index in [1.165, 1.54) is 6.07 Å². The fourth-order valence-corrected chi connectivity index (χ4v) is 1.72. The van der Waals surface area contributed by atoms with Crippen molar-refractivity contribution in [3.63, 3.8) is 0 Å². The number of aromatic carboxylic acids is 1. The molecule has 0 aliphatic carbocycles. The SMILES string of the molecule is O=C(O)c1cccc(N2C=C(c3ccco3)ON2)c1. The number of hydrogen-bond acceptors (Lipinski definition) is 5. The molecule has 96 valence electrons. The number of hydrogen-bond donors (Lipinski definition) is 2. The first-order valence-corrected chi connectivity index (χ1v) is 5.55. The number of carboxylic acid groups (broad SMARTS) is 1. The molecule has 6 nitrogen and oxygen atoms in total. The normalized spacial score (nSPS) is 14.1. The summed E-state index contributed by atoms with van der Waals surface area (Å²) in [5, 5.41) is 10.5. The van der Waals surface area contributed by atoms with Gasteiger partial charge in [0.2, 0.25) is 5.76 Å². The van der Waals surface area contributed by atoms with Crippen LogP contribution in [0.3, 0.4) is 0 Å². The van der Waals surface area contributed by atoms with Gasteiger partial charge in [0.1, 0.15) is 0 Å². The molecule has 2 heterocycles. The van der Waals surface area contributed by atoms with E-state index in [0.29, 0.717) is 17.2 Å². The monoisotopic (exact) mass is 258 g/mol. The summed E-state index contributed by atoms with van der Waals surface area (Å²) in [5.41, 5.74) is 3.53. The fraction of sp³-hybridized carbons (Fsp3) is 0. The molecule has 1 aliphatic rings. The molecule has 1 aromatic carbocycles. The lowest BCUT2D eigenvalue weighted by molar-refractivity contribution is 0.0697. The van der Waals surface area contributed by atoms with Gasteiger partial charge in [-0.2, -0.15) is 0 Å². The van der Waals surface area contributed by atoms with E-state index in [9.17, 15) is 4.79 Å². The Kier molecular flexibility index (Phi) is 2.70. The van der Waals surface area contributed by atoms with Gasteiger partial charge in [0.15, 0.2) is 5.76 Å². The minimum atomic E-state index is -0.975. The van der Waals surface area contributed by atoms with Crippen molar-refractivity contribution in [3.05, 3.63) is 60.2 Å².